The molecule has 2 aliphatic rings. The van der Waals surface area contributed by atoms with E-state index in [-0.39, 0.29) is 36.1 Å². The number of likely N-dealkylation sites (tertiary alicyclic amines) is 1. The first-order valence-electron chi connectivity index (χ1n) is 12.3. The van der Waals surface area contributed by atoms with Crippen molar-refractivity contribution in [3.05, 3.63) is 64.4 Å². The van der Waals surface area contributed by atoms with Crippen molar-refractivity contribution in [1.29, 1.82) is 0 Å². The lowest BCUT2D eigenvalue weighted by molar-refractivity contribution is -0.140. The Labute approximate surface area is 215 Å². The fourth-order valence-corrected chi connectivity index (χ4v) is 5.19. The van der Waals surface area contributed by atoms with Crippen LogP contribution in [0.2, 0.25) is 0 Å². The van der Waals surface area contributed by atoms with Crippen LogP contribution in [0.4, 0.5) is 4.39 Å². The minimum atomic E-state index is -0.280. The van der Waals surface area contributed by atoms with Crippen molar-refractivity contribution >= 4 is 27.7 Å². The number of benzene rings is 2. The molecule has 0 spiro atoms. The van der Waals surface area contributed by atoms with E-state index in [9.17, 15) is 14.0 Å². The third kappa shape index (κ3) is 7.04. The molecule has 2 saturated heterocycles. The Hall–Kier alpha value is -2.45. The molecular weight excluding hydrogens is 513 g/mol. The molecular formula is C27H33BrFN3O3. The summed E-state index contributed by atoms with van der Waals surface area (Å²) in [7, 11) is 2.07. The van der Waals surface area contributed by atoms with E-state index in [4.69, 9.17) is 4.74 Å². The fourth-order valence-electron chi connectivity index (χ4n) is 4.81. The molecule has 0 unspecified atom stereocenters. The summed E-state index contributed by atoms with van der Waals surface area (Å²) < 4.78 is 21.2. The standard InChI is InChI=1S/C27H33BrFN3O3/c1-30-13-15-31(16-14-30)27(34)17-21-19-32(26(33)10-9-20-5-2-3-8-24(20)29)12-11-25(21)35-23-7-4-6-22(28)18-23/h2-8,18,21,25H,9-17,19H2,1H3/t21-,25-/m0/s1. The van der Waals surface area contributed by atoms with Crippen molar-refractivity contribution < 1.29 is 18.7 Å². The quantitative estimate of drug-likeness (QED) is 0.528. The molecule has 2 fully saturated rings. The van der Waals surface area contributed by atoms with Crippen LogP contribution in [0.3, 0.4) is 0 Å². The first-order valence-corrected chi connectivity index (χ1v) is 13.1. The molecule has 6 nitrogen and oxygen atoms in total. The maximum Gasteiger partial charge on any atom is 0.223 e. The van der Waals surface area contributed by atoms with Gasteiger partial charge in [0.2, 0.25) is 11.8 Å². The first kappa shape index (κ1) is 25.6. The lowest BCUT2D eigenvalue weighted by Gasteiger charge is -2.40. The normalized spacial score (nSPS) is 21.1. The number of carbonyl (C=O) groups is 2. The van der Waals surface area contributed by atoms with Crippen LogP contribution >= 0.6 is 15.9 Å². The Bertz CT molecular complexity index is 1030. The number of ether oxygens (including phenoxy) is 1. The van der Waals surface area contributed by atoms with Gasteiger partial charge in [0, 0.05) is 68.9 Å². The second-order valence-corrected chi connectivity index (χ2v) is 10.4. The predicted octanol–water partition coefficient (Wildman–Crippen LogP) is 3.98. The fraction of sp³-hybridized carbons (Fsp3) is 0.481. The summed E-state index contributed by atoms with van der Waals surface area (Å²) in [5.41, 5.74) is 0.551. The number of hydrogen-bond acceptors (Lipinski definition) is 4. The van der Waals surface area contributed by atoms with Crippen LogP contribution in [-0.4, -0.2) is 78.9 Å². The highest BCUT2D eigenvalue weighted by Crippen LogP contribution is 2.28. The van der Waals surface area contributed by atoms with Crippen LogP contribution in [0.5, 0.6) is 5.75 Å². The van der Waals surface area contributed by atoms with Gasteiger partial charge in [-0.1, -0.05) is 40.2 Å². The highest BCUT2D eigenvalue weighted by molar-refractivity contribution is 9.10. The number of rotatable bonds is 7. The van der Waals surface area contributed by atoms with Crippen molar-refractivity contribution in [3.8, 4) is 5.75 Å². The van der Waals surface area contributed by atoms with Gasteiger partial charge < -0.3 is 19.4 Å². The number of amides is 2. The van der Waals surface area contributed by atoms with Gasteiger partial charge in [-0.15, -0.1) is 0 Å². The molecule has 0 saturated carbocycles. The van der Waals surface area contributed by atoms with Gasteiger partial charge in [0.15, 0.2) is 0 Å². The third-order valence-electron chi connectivity index (χ3n) is 6.96. The average Bonchev–Trinajstić information content (AvgIpc) is 2.85. The number of piperidine rings is 1. The van der Waals surface area contributed by atoms with Crippen molar-refractivity contribution in [2.45, 2.75) is 31.8 Å². The van der Waals surface area contributed by atoms with Crippen LogP contribution in [0.15, 0.2) is 53.0 Å². The first-order chi connectivity index (χ1) is 16.9. The molecule has 4 rings (SSSR count). The van der Waals surface area contributed by atoms with Crippen molar-refractivity contribution in [1.82, 2.24) is 14.7 Å². The predicted molar refractivity (Wildman–Crippen MR) is 137 cm³/mol. The Morgan fingerprint density at radius 1 is 1.00 bits per heavy atom. The number of carbonyl (C=O) groups excluding carboxylic acids is 2. The van der Waals surface area contributed by atoms with Gasteiger partial charge in [0.1, 0.15) is 17.7 Å². The summed E-state index contributed by atoms with van der Waals surface area (Å²) in [6.45, 7) is 4.22. The molecule has 2 heterocycles. The monoisotopic (exact) mass is 545 g/mol. The van der Waals surface area contributed by atoms with Gasteiger partial charge in [0.05, 0.1) is 0 Å². The molecule has 2 aliphatic heterocycles. The van der Waals surface area contributed by atoms with E-state index in [1.54, 1.807) is 18.2 Å². The van der Waals surface area contributed by atoms with Gasteiger partial charge >= 0.3 is 0 Å². The molecule has 188 valence electrons. The zero-order valence-corrected chi connectivity index (χ0v) is 21.8. The number of piperazine rings is 1. The molecule has 2 aromatic rings. The average molecular weight is 546 g/mol. The van der Waals surface area contributed by atoms with Crippen LogP contribution in [0, 0.1) is 11.7 Å². The molecule has 0 aromatic heterocycles. The highest BCUT2D eigenvalue weighted by Gasteiger charge is 2.35. The molecule has 0 N–H and O–H groups in total. The second kappa shape index (κ2) is 12.0. The minimum absolute atomic E-state index is 0.00814. The van der Waals surface area contributed by atoms with Gasteiger partial charge in [-0.25, -0.2) is 4.39 Å². The second-order valence-electron chi connectivity index (χ2n) is 9.48. The van der Waals surface area contributed by atoms with Crippen LogP contribution < -0.4 is 4.74 Å². The van der Waals surface area contributed by atoms with Crippen molar-refractivity contribution in [2.24, 2.45) is 5.92 Å². The molecule has 0 radical (unpaired) electrons. The van der Waals surface area contributed by atoms with Gasteiger partial charge in [-0.3, -0.25) is 9.59 Å². The van der Waals surface area contributed by atoms with Gasteiger partial charge in [-0.2, -0.15) is 0 Å². The third-order valence-corrected chi connectivity index (χ3v) is 7.45. The van der Waals surface area contributed by atoms with Crippen molar-refractivity contribution in [3.63, 3.8) is 0 Å². The number of nitrogens with zero attached hydrogens (tertiary/aromatic N) is 3. The smallest absolute Gasteiger partial charge is 0.223 e. The molecule has 2 amide bonds. The minimum Gasteiger partial charge on any atom is -0.490 e. The van der Waals surface area contributed by atoms with Crippen LogP contribution in [-0.2, 0) is 16.0 Å². The summed E-state index contributed by atoms with van der Waals surface area (Å²) in [6, 6.07) is 14.3. The summed E-state index contributed by atoms with van der Waals surface area (Å²) in [5, 5.41) is 0. The molecule has 2 aromatic carbocycles. The van der Waals surface area contributed by atoms with E-state index in [1.165, 1.54) is 6.07 Å². The molecule has 0 bridgehead atoms. The molecule has 2 atom stereocenters. The van der Waals surface area contributed by atoms with E-state index in [0.717, 1.165) is 36.4 Å². The maximum atomic E-state index is 14.0. The Kier molecular flexibility index (Phi) is 8.78. The Balaban J connectivity index is 1.41. The van der Waals surface area contributed by atoms with E-state index in [2.05, 4.69) is 27.9 Å². The van der Waals surface area contributed by atoms with Crippen molar-refractivity contribution in [2.75, 3.05) is 46.3 Å². The van der Waals surface area contributed by atoms with Crippen LogP contribution in [0.1, 0.15) is 24.8 Å². The summed E-state index contributed by atoms with van der Waals surface area (Å²) >= 11 is 3.49. The van der Waals surface area contributed by atoms with E-state index < -0.39 is 0 Å². The highest BCUT2D eigenvalue weighted by atomic mass is 79.9. The maximum absolute atomic E-state index is 14.0. The summed E-state index contributed by atoms with van der Waals surface area (Å²) in [5.74, 6) is 0.475. The lowest BCUT2D eigenvalue weighted by Crippen LogP contribution is -2.51. The zero-order valence-electron chi connectivity index (χ0n) is 20.2. The number of halogens is 2. The van der Waals surface area contributed by atoms with E-state index in [0.29, 0.717) is 37.9 Å². The number of aryl methyl sites for hydroxylation is 1. The number of hydrogen-bond donors (Lipinski definition) is 0. The Morgan fingerprint density at radius 3 is 2.51 bits per heavy atom. The Morgan fingerprint density at radius 2 is 1.77 bits per heavy atom. The summed E-state index contributed by atoms with van der Waals surface area (Å²) in [6.07, 6.45) is 1.46. The largest absolute Gasteiger partial charge is 0.490 e. The SMILES string of the molecule is CN1CCN(C(=O)C[C@H]2CN(C(=O)CCc3ccccc3F)CC[C@@H]2Oc2cccc(Br)c2)CC1. The topological polar surface area (TPSA) is 53.1 Å². The molecule has 35 heavy (non-hydrogen) atoms. The lowest BCUT2D eigenvalue weighted by atomic mass is 9.90. The zero-order chi connectivity index (χ0) is 24.8. The number of likely N-dealkylation sites (N-methyl/N-ethyl adjacent to an activating group) is 1. The van der Waals surface area contributed by atoms with Gasteiger partial charge in [-0.05, 0) is 43.3 Å². The van der Waals surface area contributed by atoms with Crippen LogP contribution in [0.25, 0.3) is 0 Å². The van der Waals surface area contributed by atoms with E-state index >= 15 is 0 Å². The molecule has 0 aliphatic carbocycles. The summed E-state index contributed by atoms with van der Waals surface area (Å²) in [4.78, 5) is 32.1. The van der Waals surface area contributed by atoms with Gasteiger partial charge in [0.25, 0.3) is 0 Å². The molecule has 8 heteroatoms. The van der Waals surface area contributed by atoms with E-state index in [1.807, 2.05) is 34.1 Å².